The monoisotopic (exact) mass is 723 g/mol. The Morgan fingerprint density at radius 1 is 0.875 bits per heavy atom. The third kappa shape index (κ3) is 9.23. The summed E-state index contributed by atoms with van der Waals surface area (Å²) in [7, 11) is 69.7. The van der Waals surface area contributed by atoms with Gasteiger partial charge in [0.05, 0.1) is 81.8 Å². The number of nitrogens with zero attached hydrogens (tertiary/aromatic N) is 5. The predicted octanol–water partition coefficient (Wildman–Crippen LogP) is -0.413. The van der Waals surface area contributed by atoms with Crippen molar-refractivity contribution in [1.29, 1.82) is 0 Å². The minimum absolute atomic E-state index is 0.0120. The maximum absolute atomic E-state index is 15.5. The van der Waals surface area contributed by atoms with E-state index in [0.29, 0.717) is 41.5 Å². The van der Waals surface area contributed by atoms with E-state index in [1.165, 1.54) is 36.7 Å². The number of piperidine rings is 1. The molecule has 0 aliphatic carbocycles. The van der Waals surface area contributed by atoms with Gasteiger partial charge >= 0.3 is 6.03 Å². The fourth-order valence-corrected chi connectivity index (χ4v) is 6.08. The van der Waals surface area contributed by atoms with E-state index in [9.17, 15) is 9.59 Å². The van der Waals surface area contributed by atoms with E-state index in [1.54, 1.807) is 11.0 Å². The molecule has 1 fully saturated rings. The number of fused-ring (bicyclic) bond motifs is 1. The van der Waals surface area contributed by atoms with E-state index >= 15 is 4.39 Å². The fraction of sp³-hybridized carbons (Fsp3) is 0.323. The van der Waals surface area contributed by atoms with Crippen molar-refractivity contribution in [2.45, 2.75) is 45.1 Å². The second kappa shape index (κ2) is 15.8. The van der Waals surface area contributed by atoms with Crippen molar-refractivity contribution < 1.29 is 28.2 Å². The summed E-state index contributed by atoms with van der Waals surface area (Å²) in [6.07, 6.45) is 4.33. The molecule has 0 spiro atoms. The Kier molecular flexibility index (Phi) is 12.1. The number of halogens is 1. The molecule has 4 aromatic rings. The minimum atomic E-state index is -2.64. The summed E-state index contributed by atoms with van der Waals surface area (Å²) >= 11 is 0. The number of carbonyl (C=O) groups excluding carboxylic acids is 2. The topological polar surface area (TPSA) is 133 Å². The van der Waals surface area contributed by atoms with Crippen LogP contribution in [0.4, 0.5) is 20.7 Å². The number of benzene rings is 2. The predicted molar refractivity (Wildman–Crippen MR) is 219 cm³/mol. The summed E-state index contributed by atoms with van der Waals surface area (Å²) in [5.41, 5.74) is -2.31. The lowest BCUT2D eigenvalue weighted by Crippen LogP contribution is -2.72. The average molecular weight is 721 g/mol. The van der Waals surface area contributed by atoms with Gasteiger partial charge < -0.3 is 29.7 Å². The number of hydrogen-bond donors (Lipinski definition) is 2. The first-order valence-corrected chi connectivity index (χ1v) is 16.6. The maximum Gasteiger partial charge on any atom is 0.342 e. The molecule has 0 bridgehead atoms. The molecule has 1 saturated heterocycles. The molecule has 12 nitrogen and oxygen atoms in total. The molecule has 2 amide bonds. The van der Waals surface area contributed by atoms with E-state index in [-0.39, 0.29) is 46.6 Å². The SMILES string of the molecule is [B]C([B])([B])Oc1cc2ncnc(Nc3ccc(Oc4ccn(C(=O)NC(C([B])([B])[B])(C([B])([B])[B])C([B])([B])[B])n4)cc3F)c2cc1OC1CCN(C(=O)C=C)CC1. The molecule has 254 valence electrons. The van der Waals surface area contributed by atoms with Gasteiger partial charge in [0.2, 0.25) is 11.8 Å². The molecule has 0 atom stereocenters. The van der Waals surface area contributed by atoms with Crippen molar-refractivity contribution in [2.75, 3.05) is 18.4 Å². The van der Waals surface area contributed by atoms with Crippen molar-refractivity contribution in [3.8, 4) is 23.1 Å². The van der Waals surface area contributed by atoms with Gasteiger partial charge in [0.25, 0.3) is 0 Å². The van der Waals surface area contributed by atoms with Gasteiger partial charge in [-0.25, -0.2) is 19.2 Å². The molecule has 1 aliphatic rings. The average Bonchev–Trinajstić information content (AvgIpc) is 3.55. The smallest absolute Gasteiger partial charge is 0.342 e. The lowest BCUT2D eigenvalue weighted by atomic mass is 9.12. The van der Waals surface area contributed by atoms with Crippen LogP contribution in [-0.2, 0) is 4.79 Å². The third-order valence-electron chi connectivity index (χ3n) is 8.64. The van der Waals surface area contributed by atoms with Gasteiger partial charge in [-0.15, -0.1) is 20.4 Å². The van der Waals surface area contributed by atoms with Crippen LogP contribution in [-0.4, -0.2) is 161 Å². The number of aromatic nitrogens is 4. The van der Waals surface area contributed by atoms with E-state index in [1.807, 2.05) is 0 Å². The molecule has 2 N–H and O–H groups in total. The van der Waals surface area contributed by atoms with Crippen LogP contribution in [0.25, 0.3) is 10.9 Å². The number of rotatable bonds is 13. The van der Waals surface area contributed by atoms with Crippen molar-refractivity contribution in [3.63, 3.8) is 0 Å². The van der Waals surface area contributed by atoms with E-state index < -0.39 is 38.0 Å². The van der Waals surface area contributed by atoms with Gasteiger partial charge in [-0.3, -0.25) is 4.79 Å². The summed E-state index contributed by atoms with van der Waals surface area (Å²) in [6, 6.07) is 7.02. The van der Waals surface area contributed by atoms with Gasteiger partial charge in [-0.05, 0) is 35.1 Å². The number of nitrogens with one attached hydrogen (secondary N) is 2. The molecule has 2 aromatic heterocycles. The molecule has 25 heteroatoms. The number of anilines is 2. The lowest BCUT2D eigenvalue weighted by molar-refractivity contribution is -0.127. The van der Waals surface area contributed by atoms with Crippen LogP contribution in [0.3, 0.4) is 0 Å². The van der Waals surface area contributed by atoms with Crippen LogP contribution in [0.15, 0.2) is 61.6 Å². The first kappa shape index (κ1) is 42.7. The van der Waals surface area contributed by atoms with Crippen LogP contribution < -0.4 is 24.8 Å². The zero-order valence-electron chi connectivity index (χ0n) is 29.9. The second-order valence-corrected chi connectivity index (χ2v) is 13.3. The normalized spacial score (nSPS) is 14.5. The zero-order valence-corrected chi connectivity index (χ0v) is 29.9. The molecule has 24 radical (unpaired) electrons. The van der Waals surface area contributed by atoms with E-state index in [0.717, 1.165) is 12.3 Å². The van der Waals surface area contributed by atoms with Gasteiger partial charge in [-0.1, -0.05) is 6.58 Å². The molecule has 0 unspecified atom stereocenters. The largest absolute Gasteiger partial charge is 0.512 e. The zero-order chi connectivity index (χ0) is 41.4. The number of amides is 2. The van der Waals surface area contributed by atoms with Crippen LogP contribution in [0, 0.1) is 5.82 Å². The minimum Gasteiger partial charge on any atom is -0.512 e. The van der Waals surface area contributed by atoms with Crippen molar-refractivity contribution >= 4 is 129 Å². The molecule has 2 aromatic carbocycles. The highest BCUT2D eigenvalue weighted by Gasteiger charge is 2.54. The highest BCUT2D eigenvalue weighted by atomic mass is 19.1. The Morgan fingerprint density at radius 3 is 2.09 bits per heavy atom. The Labute approximate surface area is 339 Å². The van der Waals surface area contributed by atoms with Crippen molar-refractivity contribution in [2.24, 2.45) is 0 Å². The van der Waals surface area contributed by atoms with Gasteiger partial charge in [-0.2, -0.15) is 4.68 Å². The summed E-state index contributed by atoms with van der Waals surface area (Å²) in [4.78, 5) is 35.5. The summed E-state index contributed by atoms with van der Waals surface area (Å²) < 4.78 is 33.7. The summed E-state index contributed by atoms with van der Waals surface area (Å²) in [6.45, 7) is 4.41. The summed E-state index contributed by atoms with van der Waals surface area (Å²) in [5, 5.41) is -0.244. The standard InChI is InChI=1S/C31H22B12FN7O5/c1-2-24(52)50-8-5-15(6-9-50)54-21-12-17-20(13-22(21)56-31(41,42)43)45-14-46-25(17)47-19-4-3-16(11-18(19)44)55-23-7-10-51(49-23)26(53)48-27(28(32,33)34,29(35,36)37)30(38,39)40/h2-4,7,10-15H,1,5-6,8-9H2,(H,48,53)(H,45,46,47). The van der Waals surface area contributed by atoms with Crippen LogP contribution in [0.2, 0.25) is 15.3 Å². The molecular weight excluding hydrogens is 699 g/mol. The van der Waals surface area contributed by atoms with Crippen LogP contribution >= 0.6 is 0 Å². The molecule has 56 heavy (non-hydrogen) atoms. The molecular formula is C31H22B12FN7O5. The summed E-state index contributed by atoms with van der Waals surface area (Å²) in [5.74, 6) is -0.659. The molecule has 5 rings (SSSR count). The van der Waals surface area contributed by atoms with Crippen molar-refractivity contribution in [3.05, 3.63) is 67.4 Å². The first-order valence-electron chi connectivity index (χ1n) is 16.6. The Hall–Kier alpha value is -4.42. The second-order valence-electron chi connectivity index (χ2n) is 13.3. The van der Waals surface area contributed by atoms with Gasteiger partial charge in [0.15, 0.2) is 11.5 Å². The highest BCUT2D eigenvalue weighted by Crippen LogP contribution is 2.53. The molecule has 3 heterocycles. The van der Waals surface area contributed by atoms with E-state index in [4.69, 9.17) is 108 Å². The van der Waals surface area contributed by atoms with Crippen LogP contribution in [0.5, 0.6) is 23.1 Å². The van der Waals surface area contributed by atoms with Crippen molar-refractivity contribution in [1.82, 2.24) is 30.0 Å². The van der Waals surface area contributed by atoms with Crippen LogP contribution in [0.1, 0.15) is 12.8 Å². The quantitative estimate of drug-likeness (QED) is 0.140. The molecule has 1 aliphatic heterocycles. The number of hydrogen-bond acceptors (Lipinski definition) is 9. The number of likely N-dealkylation sites (tertiary alicyclic amines) is 1. The molecule has 0 saturated carbocycles. The highest BCUT2D eigenvalue weighted by molar-refractivity contribution is 6.71. The third-order valence-corrected chi connectivity index (χ3v) is 8.64. The Morgan fingerprint density at radius 2 is 1.52 bits per heavy atom. The first-order chi connectivity index (χ1) is 25.9. The van der Waals surface area contributed by atoms with Gasteiger partial charge in [0.1, 0.15) is 53.4 Å². The lowest BCUT2D eigenvalue weighted by Gasteiger charge is -2.65. The maximum atomic E-state index is 15.5. The number of carbonyl (C=O) groups is 2. The van der Waals surface area contributed by atoms with Gasteiger partial charge in [0, 0.05) is 55.7 Å². The fourth-order valence-electron chi connectivity index (χ4n) is 6.08. The van der Waals surface area contributed by atoms with E-state index in [2.05, 4.69) is 32.3 Å². The number of ether oxygens (including phenoxy) is 3. The Bertz CT molecular complexity index is 2080. The Balaban J connectivity index is 1.35.